The van der Waals surface area contributed by atoms with Crippen LogP contribution in [0.1, 0.15) is 45.4 Å². The lowest BCUT2D eigenvalue weighted by Crippen LogP contribution is -2.27. The van der Waals surface area contributed by atoms with Crippen molar-refractivity contribution in [3.8, 4) is 0 Å². The lowest BCUT2D eigenvalue weighted by atomic mass is 10.1. The number of aliphatic hydroxyl groups is 1. The predicted molar refractivity (Wildman–Crippen MR) is 59.1 cm³/mol. The van der Waals surface area contributed by atoms with E-state index in [0.29, 0.717) is 6.42 Å². The highest BCUT2D eigenvalue weighted by Crippen LogP contribution is 2.14. The van der Waals surface area contributed by atoms with Gasteiger partial charge in [0.05, 0.1) is 0 Å². The molecule has 0 rings (SSSR count). The van der Waals surface area contributed by atoms with Crippen LogP contribution in [0.3, 0.4) is 0 Å². The molecule has 0 aliphatic rings. The van der Waals surface area contributed by atoms with Crippen LogP contribution in [0, 0.1) is 10.1 Å². The quantitative estimate of drug-likeness (QED) is 0.242. The first-order chi connectivity index (χ1) is 6.59. The van der Waals surface area contributed by atoms with Gasteiger partial charge in [0.2, 0.25) is 0 Å². The Hall–Kier alpha value is -0.160. The molecule has 1 N–H and O–H groups in total. The fourth-order valence-electron chi connectivity index (χ4n) is 1.24. The molecule has 5 heteroatoms. The molecule has 2 atom stereocenters. The van der Waals surface area contributed by atoms with E-state index in [9.17, 15) is 15.2 Å². The summed E-state index contributed by atoms with van der Waals surface area (Å²) in [5, 5.41) is 19.6. The first-order valence-electron chi connectivity index (χ1n) is 5.05. The van der Waals surface area contributed by atoms with E-state index in [-0.39, 0.29) is 0 Å². The number of hydrogen-bond acceptors (Lipinski definition) is 3. The van der Waals surface area contributed by atoms with Crippen LogP contribution in [0.2, 0.25) is 0 Å². The average Bonchev–Trinajstić information content (AvgIpc) is 2.16. The zero-order valence-electron chi connectivity index (χ0n) is 8.49. The van der Waals surface area contributed by atoms with E-state index < -0.39 is 16.0 Å². The van der Waals surface area contributed by atoms with Crippen molar-refractivity contribution < 1.29 is 10.0 Å². The Balaban J connectivity index is 3.43. The molecule has 0 bridgehead atoms. The first kappa shape index (κ1) is 13.8. The van der Waals surface area contributed by atoms with Crippen molar-refractivity contribution >= 4 is 15.9 Å². The highest BCUT2D eigenvalue weighted by molar-refractivity contribution is 9.09. The Morgan fingerprint density at radius 1 is 1.36 bits per heavy atom. The van der Waals surface area contributed by atoms with Gasteiger partial charge in [0.15, 0.2) is 0 Å². The van der Waals surface area contributed by atoms with E-state index in [4.69, 9.17) is 0 Å². The minimum atomic E-state index is -1.02. The van der Waals surface area contributed by atoms with E-state index in [0.717, 1.165) is 19.3 Å². The third-order valence-corrected chi connectivity index (χ3v) is 3.07. The summed E-state index contributed by atoms with van der Waals surface area (Å²) in [6, 6.07) is 0. The normalized spacial score (nSPS) is 15.1. The number of aliphatic hydroxyl groups excluding tert-OH is 1. The molecule has 0 fully saturated rings. The predicted octanol–water partition coefficient (Wildman–Crippen LogP) is 2.71. The Labute approximate surface area is 93.0 Å². The van der Waals surface area contributed by atoms with Crippen LogP contribution < -0.4 is 0 Å². The fraction of sp³-hybridized carbons (Fsp3) is 1.00. The van der Waals surface area contributed by atoms with Crippen molar-refractivity contribution in [2.45, 2.75) is 56.5 Å². The molecule has 0 aromatic rings. The number of hydrogen-bond donors (Lipinski definition) is 1. The highest BCUT2D eigenvalue weighted by Gasteiger charge is 2.25. The maximum atomic E-state index is 10.3. The molecule has 0 saturated carbocycles. The summed E-state index contributed by atoms with van der Waals surface area (Å²) in [5.41, 5.74) is 0. The van der Waals surface area contributed by atoms with Gasteiger partial charge < -0.3 is 5.11 Å². The number of nitrogens with zero attached hydrogens (tertiary/aromatic N) is 1. The van der Waals surface area contributed by atoms with E-state index >= 15 is 0 Å². The summed E-state index contributed by atoms with van der Waals surface area (Å²) < 4.78 is 0. The van der Waals surface area contributed by atoms with Crippen molar-refractivity contribution in [2.24, 2.45) is 0 Å². The zero-order chi connectivity index (χ0) is 11.0. The Morgan fingerprint density at radius 2 is 1.93 bits per heavy atom. The van der Waals surface area contributed by atoms with Crippen molar-refractivity contribution in [3.63, 3.8) is 0 Å². The first-order valence-corrected chi connectivity index (χ1v) is 5.96. The summed E-state index contributed by atoms with van der Waals surface area (Å²) in [6.07, 6.45) is 5.06. The van der Waals surface area contributed by atoms with Gasteiger partial charge in [0, 0.05) is 4.92 Å². The SMILES string of the molecule is CCCCCCCC(O)C(Br)[N+](=O)[O-]. The molecule has 0 aliphatic heterocycles. The largest absolute Gasteiger partial charge is 0.385 e. The van der Waals surface area contributed by atoms with Gasteiger partial charge in [0.25, 0.3) is 4.95 Å². The van der Waals surface area contributed by atoms with Crippen molar-refractivity contribution in [3.05, 3.63) is 10.1 Å². The zero-order valence-corrected chi connectivity index (χ0v) is 10.1. The van der Waals surface area contributed by atoms with Gasteiger partial charge in [-0.05, 0) is 22.4 Å². The van der Waals surface area contributed by atoms with Crippen LogP contribution in [0.25, 0.3) is 0 Å². The molecule has 0 aliphatic carbocycles. The lowest BCUT2D eigenvalue weighted by Gasteiger charge is -2.10. The number of unbranched alkanes of at least 4 members (excludes halogenated alkanes) is 4. The standard InChI is InChI=1S/C9H18BrNO3/c1-2-3-4-5-6-7-8(12)9(10)11(13)14/h8-9,12H,2-7H2,1H3. The molecule has 4 nitrogen and oxygen atoms in total. The van der Waals surface area contributed by atoms with Crippen molar-refractivity contribution in [2.75, 3.05) is 0 Å². The van der Waals surface area contributed by atoms with E-state index in [2.05, 4.69) is 22.9 Å². The van der Waals surface area contributed by atoms with Gasteiger partial charge in [-0.2, -0.15) is 0 Å². The smallest absolute Gasteiger partial charge is 0.291 e. The van der Waals surface area contributed by atoms with Crippen molar-refractivity contribution in [1.29, 1.82) is 0 Å². The second kappa shape index (κ2) is 8.17. The van der Waals surface area contributed by atoms with Crippen LogP contribution in [0.5, 0.6) is 0 Å². The van der Waals surface area contributed by atoms with Gasteiger partial charge >= 0.3 is 0 Å². The maximum absolute atomic E-state index is 10.3. The molecule has 0 aromatic heterocycles. The molecule has 14 heavy (non-hydrogen) atoms. The van der Waals surface area contributed by atoms with Gasteiger partial charge in [-0.25, -0.2) is 0 Å². The molecule has 2 unspecified atom stereocenters. The molecule has 0 heterocycles. The molecular weight excluding hydrogens is 250 g/mol. The van der Waals surface area contributed by atoms with Crippen LogP contribution in [0.15, 0.2) is 0 Å². The molecular formula is C9H18BrNO3. The summed E-state index contributed by atoms with van der Waals surface area (Å²) >= 11 is 2.84. The van der Waals surface area contributed by atoms with Crippen LogP contribution in [-0.2, 0) is 0 Å². The third-order valence-electron chi connectivity index (χ3n) is 2.12. The van der Waals surface area contributed by atoms with Crippen LogP contribution >= 0.6 is 15.9 Å². The van der Waals surface area contributed by atoms with Gasteiger partial charge in [-0.3, -0.25) is 10.1 Å². The van der Waals surface area contributed by atoms with E-state index in [1.54, 1.807) is 0 Å². The molecule has 0 amide bonds. The summed E-state index contributed by atoms with van der Waals surface area (Å²) in [7, 11) is 0. The molecule has 84 valence electrons. The second-order valence-corrected chi connectivity index (χ2v) is 4.37. The number of halogens is 1. The number of alkyl halides is 1. The Bertz CT molecular complexity index is 166. The Kier molecular flexibility index (Phi) is 8.08. The molecule has 0 saturated heterocycles. The summed E-state index contributed by atoms with van der Waals surface area (Å²) in [4.78, 5) is 8.75. The number of nitro groups is 1. The summed E-state index contributed by atoms with van der Waals surface area (Å²) in [6.45, 7) is 2.14. The monoisotopic (exact) mass is 267 g/mol. The molecule has 0 radical (unpaired) electrons. The van der Waals surface area contributed by atoms with E-state index in [1.807, 2.05) is 0 Å². The third kappa shape index (κ3) is 6.32. The minimum absolute atomic E-state index is 0.501. The Morgan fingerprint density at radius 3 is 2.43 bits per heavy atom. The average molecular weight is 268 g/mol. The second-order valence-electron chi connectivity index (χ2n) is 3.43. The minimum Gasteiger partial charge on any atom is -0.385 e. The topological polar surface area (TPSA) is 63.4 Å². The number of rotatable bonds is 8. The van der Waals surface area contributed by atoms with Gasteiger partial charge in [-0.15, -0.1) is 0 Å². The molecule has 0 aromatic carbocycles. The highest BCUT2D eigenvalue weighted by atomic mass is 79.9. The van der Waals surface area contributed by atoms with Gasteiger partial charge in [-0.1, -0.05) is 39.0 Å². The fourth-order valence-corrected chi connectivity index (χ4v) is 1.50. The van der Waals surface area contributed by atoms with Crippen LogP contribution in [0.4, 0.5) is 0 Å². The van der Waals surface area contributed by atoms with Crippen molar-refractivity contribution in [1.82, 2.24) is 0 Å². The van der Waals surface area contributed by atoms with Gasteiger partial charge in [0.1, 0.15) is 6.10 Å². The lowest BCUT2D eigenvalue weighted by molar-refractivity contribution is -0.504. The van der Waals surface area contributed by atoms with Crippen LogP contribution in [-0.4, -0.2) is 21.1 Å². The molecule has 0 spiro atoms. The summed E-state index contributed by atoms with van der Waals surface area (Å²) in [5.74, 6) is 0. The van der Waals surface area contributed by atoms with E-state index in [1.165, 1.54) is 12.8 Å². The maximum Gasteiger partial charge on any atom is 0.291 e.